The molecule has 3 aliphatic heterocycles. The average Bonchev–Trinajstić information content (AvgIpc) is 3.54. The summed E-state index contributed by atoms with van der Waals surface area (Å²) in [6.45, 7) is 6.03. The van der Waals surface area contributed by atoms with Crippen LogP contribution in [0.2, 0.25) is 0 Å². The van der Waals surface area contributed by atoms with Crippen molar-refractivity contribution < 1.29 is 9.47 Å². The number of H-pyrrole nitrogens is 1. The molecule has 0 bridgehead atoms. The van der Waals surface area contributed by atoms with Crippen molar-refractivity contribution in [1.29, 1.82) is 0 Å². The second-order valence-electron chi connectivity index (χ2n) is 9.31. The van der Waals surface area contributed by atoms with Gasteiger partial charge in [0.1, 0.15) is 11.3 Å². The summed E-state index contributed by atoms with van der Waals surface area (Å²) in [5, 5.41) is 6.90. The van der Waals surface area contributed by atoms with Crippen LogP contribution in [-0.4, -0.2) is 83.4 Å². The van der Waals surface area contributed by atoms with Gasteiger partial charge in [0.15, 0.2) is 11.5 Å². The number of imidazole rings is 1. The Morgan fingerprint density at radius 2 is 2.03 bits per heavy atom. The van der Waals surface area contributed by atoms with E-state index in [9.17, 15) is 0 Å². The molecular formula is C24H32N8O2. The highest BCUT2D eigenvalue weighted by Crippen LogP contribution is 2.34. The second kappa shape index (κ2) is 9.27. The van der Waals surface area contributed by atoms with E-state index >= 15 is 0 Å². The fourth-order valence-electron chi connectivity index (χ4n) is 5.35. The third kappa shape index (κ3) is 4.23. The van der Waals surface area contributed by atoms with Crippen LogP contribution in [0.4, 0.5) is 23.1 Å². The summed E-state index contributed by atoms with van der Waals surface area (Å²) >= 11 is 0. The highest BCUT2D eigenvalue weighted by Gasteiger charge is 2.30. The minimum absolute atomic E-state index is 0.311. The van der Waals surface area contributed by atoms with Crippen molar-refractivity contribution in [2.75, 3.05) is 62.0 Å². The number of nitrogens with zero attached hydrogens (tertiary/aromatic N) is 5. The topological polar surface area (TPSA) is 103 Å². The predicted molar refractivity (Wildman–Crippen MR) is 132 cm³/mol. The summed E-state index contributed by atoms with van der Waals surface area (Å²) < 4.78 is 11.2. The lowest BCUT2D eigenvalue weighted by Crippen LogP contribution is -2.50. The molecule has 0 saturated carbocycles. The van der Waals surface area contributed by atoms with Gasteiger partial charge in [-0.2, -0.15) is 9.97 Å². The summed E-state index contributed by atoms with van der Waals surface area (Å²) in [5.41, 5.74) is 3.46. The normalized spacial score (nSPS) is 21.6. The van der Waals surface area contributed by atoms with Gasteiger partial charge in [-0.05, 0) is 44.4 Å². The van der Waals surface area contributed by atoms with E-state index in [1.807, 2.05) is 0 Å². The molecule has 0 amide bonds. The molecule has 6 rings (SSSR count). The molecule has 1 aromatic carbocycles. The van der Waals surface area contributed by atoms with E-state index < -0.39 is 0 Å². The number of benzene rings is 1. The van der Waals surface area contributed by atoms with Crippen LogP contribution in [0.5, 0.6) is 5.75 Å². The van der Waals surface area contributed by atoms with Crippen LogP contribution in [-0.2, 0) is 4.74 Å². The molecule has 1 unspecified atom stereocenters. The van der Waals surface area contributed by atoms with E-state index in [0.29, 0.717) is 23.7 Å². The number of nitrogens with one attached hydrogen (secondary N) is 3. The van der Waals surface area contributed by atoms with E-state index in [1.165, 1.54) is 25.1 Å². The van der Waals surface area contributed by atoms with Crippen molar-refractivity contribution in [2.24, 2.45) is 0 Å². The molecular weight excluding hydrogens is 432 g/mol. The molecule has 34 heavy (non-hydrogen) atoms. The molecule has 3 aromatic rings. The van der Waals surface area contributed by atoms with E-state index in [0.717, 1.165) is 68.5 Å². The van der Waals surface area contributed by atoms with Gasteiger partial charge in [-0.3, -0.25) is 4.90 Å². The Morgan fingerprint density at radius 3 is 2.91 bits per heavy atom. The zero-order valence-electron chi connectivity index (χ0n) is 19.6. The first-order valence-corrected chi connectivity index (χ1v) is 12.3. The summed E-state index contributed by atoms with van der Waals surface area (Å²) in [6.07, 6.45) is 6.16. The predicted octanol–water partition coefficient (Wildman–Crippen LogP) is 2.98. The highest BCUT2D eigenvalue weighted by atomic mass is 16.5. The molecule has 3 fully saturated rings. The van der Waals surface area contributed by atoms with Crippen molar-refractivity contribution in [3.8, 4) is 5.75 Å². The minimum atomic E-state index is 0.311. The summed E-state index contributed by atoms with van der Waals surface area (Å²) in [4.78, 5) is 22.0. The van der Waals surface area contributed by atoms with Crippen LogP contribution in [0.3, 0.4) is 0 Å². The van der Waals surface area contributed by atoms with Gasteiger partial charge < -0.3 is 30.0 Å². The van der Waals surface area contributed by atoms with Gasteiger partial charge in [0.05, 0.1) is 19.1 Å². The number of methoxy groups -OCH3 is 1. The molecule has 10 heteroatoms. The van der Waals surface area contributed by atoms with Crippen LogP contribution < -0.4 is 20.3 Å². The quantitative estimate of drug-likeness (QED) is 0.508. The van der Waals surface area contributed by atoms with Crippen molar-refractivity contribution in [3.63, 3.8) is 0 Å². The number of ether oxygens (including phenoxy) is 2. The lowest BCUT2D eigenvalue weighted by molar-refractivity contribution is 0.0904. The van der Waals surface area contributed by atoms with Crippen molar-refractivity contribution in [3.05, 3.63) is 24.5 Å². The molecule has 3 N–H and O–H groups in total. The van der Waals surface area contributed by atoms with Crippen LogP contribution in [0.1, 0.15) is 25.7 Å². The molecule has 10 nitrogen and oxygen atoms in total. The molecule has 0 aliphatic carbocycles. The zero-order chi connectivity index (χ0) is 22.9. The van der Waals surface area contributed by atoms with Gasteiger partial charge in [-0.15, -0.1) is 0 Å². The van der Waals surface area contributed by atoms with Crippen LogP contribution in [0.25, 0.3) is 11.2 Å². The zero-order valence-corrected chi connectivity index (χ0v) is 19.6. The lowest BCUT2D eigenvalue weighted by Gasteiger charge is -2.39. The van der Waals surface area contributed by atoms with E-state index in [2.05, 4.69) is 53.6 Å². The molecule has 180 valence electrons. The number of hydrogen-bond donors (Lipinski definition) is 3. The maximum absolute atomic E-state index is 5.76. The third-order valence-electron chi connectivity index (χ3n) is 7.23. The summed E-state index contributed by atoms with van der Waals surface area (Å²) in [7, 11) is 1.70. The second-order valence-corrected chi connectivity index (χ2v) is 9.31. The maximum atomic E-state index is 5.76. The third-order valence-corrected chi connectivity index (χ3v) is 7.23. The van der Waals surface area contributed by atoms with Crippen LogP contribution in [0, 0.1) is 0 Å². The number of piperazine rings is 1. The number of fused-ring (bicyclic) bond motifs is 2. The van der Waals surface area contributed by atoms with Gasteiger partial charge in [0.2, 0.25) is 5.95 Å². The number of rotatable bonds is 6. The van der Waals surface area contributed by atoms with Crippen LogP contribution >= 0.6 is 0 Å². The molecule has 0 spiro atoms. The van der Waals surface area contributed by atoms with Crippen molar-refractivity contribution in [1.82, 2.24) is 24.8 Å². The Kier molecular flexibility index (Phi) is 5.84. The Bertz CT molecular complexity index is 1150. The molecule has 3 aliphatic rings. The van der Waals surface area contributed by atoms with E-state index in [1.54, 1.807) is 13.4 Å². The Labute approximate surface area is 199 Å². The highest BCUT2D eigenvalue weighted by molar-refractivity contribution is 5.84. The molecule has 0 radical (unpaired) electrons. The molecule has 1 atom stereocenters. The smallest absolute Gasteiger partial charge is 0.231 e. The van der Waals surface area contributed by atoms with Gasteiger partial charge in [0, 0.05) is 56.7 Å². The standard InChI is InChI=1S/C24H32N8O2/c1-33-20-13-17(32-10-9-31-8-2-3-18(31)14-32)4-5-19(20)28-24-29-22-21(25-15-26-22)23(30-24)27-16-6-11-34-12-7-16/h4-5,13,15-16,18H,2-3,6-12,14H2,1H3,(H3,25,26,27,28,29,30). The van der Waals surface area contributed by atoms with Gasteiger partial charge in [-0.1, -0.05) is 0 Å². The maximum Gasteiger partial charge on any atom is 0.231 e. The monoisotopic (exact) mass is 464 g/mol. The molecule has 2 aromatic heterocycles. The minimum Gasteiger partial charge on any atom is -0.494 e. The first kappa shape index (κ1) is 21.4. The Hall–Kier alpha value is -3.11. The van der Waals surface area contributed by atoms with Gasteiger partial charge in [-0.25, -0.2) is 4.98 Å². The van der Waals surface area contributed by atoms with Crippen molar-refractivity contribution in [2.45, 2.75) is 37.8 Å². The lowest BCUT2D eigenvalue weighted by atomic mass is 10.1. The SMILES string of the molecule is COc1cc(N2CCN3CCCC3C2)ccc1Nc1nc(NC2CCOCC2)c2nc[nH]c2n1. The Morgan fingerprint density at radius 1 is 1.12 bits per heavy atom. The number of aromatic nitrogens is 4. The summed E-state index contributed by atoms with van der Waals surface area (Å²) in [6, 6.07) is 7.31. The fraction of sp³-hybridized carbons (Fsp3) is 0.542. The van der Waals surface area contributed by atoms with Crippen molar-refractivity contribution >= 4 is 34.3 Å². The van der Waals surface area contributed by atoms with Gasteiger partial charge in [0.25, 0.3) is 0 Å². The largest absolute Gasteiger partial charge is 0.494 e. The first-order valence-electron chi connectivity index (χ1n) is 12.3. The fourth-order valence-corrected chi connectivity index (χ4v) is 5.35. The van der Waals surface area contributed by atoms with E-state index in [4.69, 9.17) is 14.5 Å². The first-order chi connectivity index (χ1) is 16.8. The Balaban J connectivity index is 1.23. The van der Waals surface area contributed by atoms with Crippen LogP contribution in [0.15, 0.2) is 24.5 Å². The average molecular weight is 465 g/mol. The van der Waals surface area contributed by atoms with E-state index in [-0.39, 0.29) is 0 Å². The number of anilines is 4. The number of aromatic amines is 1. The molecule has 3 saturated heterocycles. The number of hydrogen-bond acceptors (Lipinski definition) is 9. The molecule has 5 heterocycles. The summed E-state index contributed by atoms with van der Waals surface area (Å²) in [5.74, 6) is 2.00. The van der Waals surface area contributed by atoms with Gasteiger partial charge >= 0.3 is 0 Å².